The molecule has 0 amide bonds. The first kappa shape index (κ1) is 12.4. The fraction of sp³-hybridized carbons (Fsp3) is 0.308. The highest BCUT2D eigenvalue weighted by molar-refractivity contribution is 5.73. The lowest BCUT2D eigenvalue weighted by Crippen LogP contribution is -2.08. The molecule has 0 spiro atoms. The van der Waals surface area contributed by atoms with Crippen molar-refractivity contribution in [1.29, 1.82) is 0 Å². The normalized spacial score (nSPS) is 10.9. The van der Waals surface area contributed by atoms with Gasteiger partial charge in [0.2, 0.25) is 0 Å². The maximum atomic E-state index is 13.7. The molecule has 0 bridgehead atoms. The zero-order valence-corrected chi connectivity index (χ0v) is 10.3. The average molecular weight is 247 g/mol. The summed E-state index contributed by atoms with van der Waals surface area (Å²) in [6.07, 6.45) is 1.28. The lowest BCUT2D eigenvalue weighted by Gasteiger charge is -2.09. The molecule has 0 aliphatic rings. The Balaban J connectivity index is 2.54. The first-order valence-electron chi connectivity index (χ1n) is 5.78. The summed E-state index contributed by atoms with van der Waals surface area (Å²) in [5.74, 6) is -0.0578. The summed E-state index contributed by atoms with van der Waals surface area (Å²) in [6, 6.07) is 6.30. The van der Waals surface area contributed by atoms with Crippen LogP contribution in [0.25, 0.3) is 5.69 Å². The zero-order valence-electron chi connectivity index (χ0n) is 10.3. The van der Waals surface area contributed by atoms with Gasteiger partial charge in [-0.05, 0) is 24.5 Å². The van der Waals surface area contributed by atoms with Crippen molar-refractivity contribution in [1.82, 2.24) is 15.0 Å². The molecular weight excluding hydrogens is 233 g/mol. The molecule has 0 N–H and O–H groups in total. The molecule has 2 rings (SSSR count). The molecule has 0 unspecified atom stereocenters. The zero-order chi connectivity index (χ0) is 13.1. The van der Waals surface area contributed by atoms with E-state index < -0.39 is 0 Å². The summed E-state index contributed by atoms with van der Waals surface area (Å²) in [6.45, 7) is 4.04. The molecule has 2 aromatic rings. The molecule has 0 atom stereocenters. The highest BCUT2D eigenvalue weighted by Gasteiger charge is 2.16. The number of aldehydes is 1. The van der Waals surface area contributed by atoms with Crippen LogP contribution in [0.15, 0.2) is 24.3 Å². The maximum absolute atomic E-state index is 13.7. The second-order valence-corrected chi connectivity index (χ2v) is 4.50. The Morgan fingerprint density at radius 3 is 2.72 bits per heavy atom. The predicted molar refractivity (Wildman–Crippen MR) is 65.2 cm³/mol. The van der Waals surface area contributed by atoms with Crippen LogP contribution in [0.3, 0.4) is 0 Å². The molecule has 1 heterocycles. The lowest BCUT2D eigenvalue weighted by molar-refractivity contribution is 0.111. The molecule has 0 aliphatic heterocycles. The van der Waals surface area contributed by atoms with Crippen molar-refractivity contribution in [2.45, 2.75) is 20.3 Å². The van der Waals surface area contributed by atoms with Crippen molar-refractivity contribution in [2.24, 2.45) is 5.92 Å². The molecule has 0 saturated heterocycles. The minimum atomic E-state index is -0.384. The van der Waals surface area contributed by atoms with Gasteiger partial charge in [0.15, 0.2) is 6.29 Å². The van der Waals surface area contributed by atoms with E-state index in [0.717, 1.165) is 0 Å². The largest absolute Gasteiger partial charge is 0.296 e. The molecule has 0 fully saturated rings. The highest BCUT2D eigenvalue weighted by atomic mass is 19.1. The number of hydrogen-bond donors (Lipinski definition) is 0. The molecule has 18 heavy (non-hydrogen) atoms. The topological polar surface area (TPSA) is 47.8 Å². The standard InChI is InChI=1S/C13H14FN3O/c1-9(2)7-13-11(8-18)15-16-17(13)12-6-4-3-5-10(12)14/h3-6,8-9H,7H2,1-2H3. The van der Waals surface area contributed by atoms with Crippen molar-refractivity contribution < 1.29 is 9.18 Å². The van der Waals surface area contributed by atoms with Gasteiger partial charge in [0.1, 0.15) is 17.2 Å². The first-order valence-corrected chi connectivity index (χ1v) is 5.78. The van der Waals surface area contributed by atoms with Gasteiger partial charge in [-0.15, -0.1) is 5.10 Å². The van der Waals surface area contributed by atoms with Crippen molar-refractivity contribution in [3.05, 3.63) is 41.5 Å². The minimum Gasteiger partial charge on any atom is -0.296 e. The van der Waals surface area contributed by atoms with Crippen LogP contribution in [0.5, 0.6) is 0 Å². The van der Waals surface area contributed by atoms with Gasteiger partial charge in [-0.1, -0.05) is 31.2 Å². The quantitative estimate of drug-likeness (QED) is 0.779. The van der Waals surface area contributed by atoms with Crippen molar-refractivity contribution >= 4 is 6.29 Å². The smallest absolute Gasteiger partial charge is 0.172 e. The summed E-state index contributed by atoms with van der Waals surface area (Å²) in [5, 5.41) is 7.65. The number of rotatable bonds is 4. The number of carbonyl (C=O) groups excluding carboxylic acids is 1. The van der Waals surface area contributed by atoms with Crippen LogP contribution in [0.2, 0.25) is 0 Å². The van der Waals surface area contributed by atoms with Gasteiger partial charge in [-0.3, -0.25) is 4.79 Å². The molecule has 4 nitrogen and oxygen atoms in total. The Kier molecular flexibility index (Phi) is 3.50. The molecule has 1 aromatic heterocycles. The lowest BCUT2D eigenvalue weighted by atomic mass is 10.1. The van der Waals surface area contributed by atoms with Crippen LogP contribution in [0, 0.1) is 11.7 Å². The van der Waals surface area contributed by atoms with E-state index in [4.69, 9.17) is 0 Å². The van der Waals surface area contributed by atoms with Crippen molar-refractivity contribution in [2.75, 3.05) is 0 Å². The van der Waals surface area contributed by atoms with E-state index in [1.54, 1.807) is 18.2 Å². The van der Waals surface area contributed by atoms with Gasteiger partial charge in [0, 0.05) is 0 Å². The van der Waals surface area contributed by atoms with Crippen LogP contribution in [-0.4, -0.2) is 21.3 Å². The minimum absolute atomic E-state index is 0.270. The third-order valence-corrected chi connectivity index (χ3v) is 2.59. The van der Waals surface area contributed by atoms with Gasteiger partial charge < -0.3 is 0 Å². The van der Waals surface area contributed by atoms with E-state index in [9.17, 15) is 9.18 Å². The highest BCUT2D eigenvalue weighted by Crippen LogP contribution is 2.18. The molecular formula is C13H14FN3O. The fourth-order valence-electron chi connectivity index (χ4n) is 1.80. The molecule has 94 valence electrons. The Labute approximate surface area is 104 Å². The summed E-state index contributed by atoms with van der Waals surface area (Å²) < 4.78 is 15.1. The number of aromatic nitrogens is 3. The average Bonchev–Trinajstić information content (AvgIpc) is 2.72. The van der Waals surface area contributed by atoms with Gasteiger partial charge in [-0.25, -0.2) is 9.07 Å². The predicted octanol–water partition coefficient (Wildman–Crippen LogP) is 2.42. The van der Waals surface area contributed by atoms with Crippen molar-refractivity contribution in [3.63, 3.8) is 0 Å². The Morgan fingerprint density at radius 1 is 1.39 bits per heavy atom. The van der Waals surface area contributed by atoms with Crippen molar-refractivity contribution in [3.8, 4) is 5.69 Å². The van der Waals surface area contributed by atoms with Crippen LogP contribution < -0.4 is 0 Å². The third kappa shape index (κ3) is 2.30. The van der Waals surface area contributed by atoms with E-state index in [2.05, 4.69) is 10.3 Å². The SMILES string of the molecule is CC(C)Cc1c(C=O)nnn1-c1ccccc1F. The molecule has 0 radical (unpaired) electrons. The third-order valence-electron chi connectivity index (χ3n) is 2.59. The summed E-state index contributed by atoms with van der Waals surface area (Å²) in [5.41, 5.74) is 1.23. The Hall–Kier alpha value is -2.04. The molecule has 5 heteroatoms. The molecule has 0 aliphatic carbocycles. The first-order chi connectivity index (χ1) is 8.63. The van der Waals surface area contributed by atoms with E-state index in [1.807, 2.05) is 13.8 Å². The van der Waals surface area contributed by atoms with Gasteiger partial charge in [0.25, 0.3) is 0 Å². The van der Waals surface area contributed by atoms with Crippen LogP contribution >= 0.6 is 0 Å². The van der Waals surface area contributed by atoms with Crippen LogP contribution in [-0.2, 0) is 6.42 Å². The number of benzene rings is 1. The van der Waals surface area contributed by atoms with E-state index >= 15 is 0 Å². The van der Waals surface area contributed by atoms with Crippen LogP contribution in [0.1, 0.15) is 30.0 Å². The second-order valence-electron chi connectivity index (χ2n) is 4.50. The Morgan fingerprint density at radius 2 is 2.11 bits per heavy atom. The fourth-order valence-corrected chi connectivity index (χ4v) is 1.80. The number of nitrogens with zero attached hydrogens (tertiary/aromatic N) is 3. The second kappa shape index (κ2) is 5.08. The maximum Gasteiger partial charge on any atom is 0.172 e. The molecule has 1 aromatic carbocycles. The van der Waals surface area contributed by atoms with Gasteiger partial charge in [-0.2, -0.15) is 0 Å². The number of para-hydroxylation sites is 1. The van der Waals surface area contributed by atoms with Crippen LogP contribution in [0.4, 0.5) is 4.39 Å². The van der Waals surface area contributed by atoms with Gasteiger partial charge >= 0.3 is 0 Å². The summed E-state index contributed by atoms with van der Waals surface area (Å²) >= 11 is 0. The van der Waals surface area contributed by atoms with Gasteiger partial charge in [0.05, 0.1) is 5.69 Å². The van der Waals surface area contributed by atoms with E-state index in [-0.39, 0.29) is 11.5 Å². The summed E-state index contributed by atoms with van der Waals surface area (Å²) in [7, 11) is 0. The number of hydrogen-bond acceptors (Lipinski definition) is 3. The Bertz CT molecular complexity index is 563. The summed E-state index contributed by atoms with van der Waals surface area (Å²) in [4.78, 5) is 10.9. The molecule has 0 saturated carbocycles. The van der Waals surface area contributed by atoms with E-state index in [1.165, 1.54) is 10.7 Å². The number of halogens is 1. The number of carbonyl (C=O) groups is 1. The monoisotopic (exact) mass is 247 g/mol. The van der Waals surface area contributed by atoms with E-state index in [0.29, 0.717) is 30.0 Å².